The maximum atomic E-state index is 12.5. The third-order valence-corrected chi connectivity index (χ3v) is 5.22. The fourth-order valence-corrected chi connectivity index (χ4v) is 3.00. The first-order valence-electron chi connectivity index (χ1n) is 8.81. The molecule has 0 fully saturated rings. The van der Waals surface area contributed by atoms with Crippen LogP contribution in [0.1, 0.15) is 37.3 Å². The number of carbonyl (C=O) groups is 1. The van der Waals surface area contributed by atoms with Gasteiger partial charge in [-0.15, -0.1) is 0 Å². The lowest BCUT2D eigenvalue weighted by Gasteiger charge is -2.19. The number of unbranched alkanes of at least 4 members (excludes halogenated alkanes) is 1. The molecule has 0 heterocycles. The Morgan fingerprint density at radius 3 is 2.00 bits per heavy atom. The van der Waals surface area contributed by atoms with Crippen LogP contribution in [0.25, 0.3) is 0 Å². The van der Waals surface area contributed by atoms with Crippen LogP contribution < -0.4 is 16.7 Å². The van der Waals surface area contributed by atoms with E-state index in [1.54, 1.807) is 0 Å². The minimum atomic E-state index is -0.640. The van der Waals surface area contributed by atoms with Crippen molar-refractivity contribution >= 4 is 47.0 Å². The lowest BCUT2D eigenvalue weighted by Crippen LogP contribution is -2.49. The average molecular weight is 392 g/mol. The summed E-state index contributed by atoms with van der Waals surface area (Å²) in [5, 5.41) is 1.24. The number of halogens is 2. The third-order valence-electron chi connectivity index (χ3n) is 4.40. The lowest BCUT2D eigenvalue weighted by molar-refractivity contribution is -0.136. The van der Waals surface area contributed by atoms with Crippen molar-refractivity contribution < 1.29 is 9.45 Å². The fourth-order valence-electron chi connectivity index (χ4n) is 2.62. The normalized spacial score (nSPS) is 11.9. The third kappa shape index (κ3) is 5.26. The Bertz CT molecular complexity index is 731. The highest BCUT2D eigenvalue weighted by molar-refractivity contribution is 6.81. The van der Waals surface area contributed by atoms with Crippen LogP contribution in [-0.4, -0.2) is 18.9 Å². The second-order valence-corrected chi connectivity index (χ2v) is 7.40. The zero-order valence-electron chi connectivity index (χ0n) is 15.4. The fraction of sp³-hybridized carbons (Fsp3) is 0.350. The van der Waals surface area contributed by atoms with Crippen molar-refractivity contribution in [3.63, 3.8) is 0 Å². The molecule has 0 aliphatic rings. The van der Waals surface area contributed by atoms with E-state index in [2.05, 4.69) is 6.92 Å². The molecule has 1 unspecified atom stereocenters. The molecular weight excluding hydrogens is 368 g/mol. The number of nitrogens with two attached hydrogens (primary N) is 1. The first kappa shape index (κ1) is 20.8. The molecule has 0 spiro atoms. The van der Waals surface area contributed by atoms with Gasteiger partial charge in [-0.3, -0.25) is 4.79 Å². The highest BCUT2D eigenvalue weighted by Gasteiger charge is 2.29. The Morgan fingerprint density at radius 2 is 1.58 bits per heavy atom. The summed E-state index contributed by atoms with van der Waals surface area (Å²) >= 11 is 12.6. The standard InChI is InChI=1S/C20H24BCl2NO2/c1-4-5-6-19(24)20(25)26-21(15-9-7-13(2)17(22)11-15)16-10-8-14(3)18(23)12-16/h7-12,19H,4-6,24H2,1-3H3. The maximum absolute atomic E-state index is 12.5. The van der Waals surface area contributed by atoms with Gasteiger partial charge in [0.25, 0.3) is 0 Å². The quantitative estimate of drug-likeness (QED) is 0.730. The minimum Gasteiger partial charge on any atom is -0.525 e. The zero-order valence-corrected chi connectivity index (χ0v) is 16.9. The van der Waals surface area contributed by atoms with E-state index in [0.29, 0.717) is 16.5 Å². The predicted molar refractivity (Wildman–Crippen MR) is 111 cm³/mol. The molecular formula is C20H24BCl2NO2. The molecule has 0 aliphatic carbocycles. The molecule has 0 radical (unpaired) electrons. The summed E-state index contributed by atoms with van der Waals surface area (Å²) in [4.78, 5) is 12.5. The van der Waals surface area contributed by atoms with E-state index in [-0.39, 0.29) is 0 Å². The van der Waals surface area contributed by atoms with E-state index in [1.165, 1.54) is 0 Å². The number of hydrogen-bond acceptors (Lipinski definition) is 3. The van der Waals surface area contributed by atoms with Gasteiger partial charge in [-0.05, 0) is 54.5 Å². The van der Waals surface area contributed by atoms with Crippen molar-refractivity contribution in [2.24, 2.45) is 5.73 Å². The second-order valence-electron chi connectivity index (χ2n) is 6.58. The van der Waals surface area contributed by atoms with E-state index < -0.39 is 18.9 Å². The van der Waals surface area contributed by atoms with Gasteiger partial charge in [0, 0.05) is 10.0 Å². The first-order chi connectivity index (χ1) is 12.3. The molecule has 3 nitrogen and oxygen atoms in total. The predicted octanol–water partition coefficient (Wildman–Crippen LogP) is 3.78. The second kappa shape index (κ2) is 9.45. The maximum Gasteiger partial charge on any atom is 0.429 e. The zero-order chi connectivity index (χ0) is 19.3. The highest BCUT2D eigenvalue weighted by atomic mass is 35.5. The smallest absolute Gasteiger partial charge is 0.429 e. The molecule has 0 aliphatic heterocycles. The van der Waals surface area contributed by atoms with Gasteiger partial charge in [-0.25, -0.2) is 0 Å². The Balaban J connectivity index is 2.36. The van der Waals surface area contributed by atoms with Crippen molar-refractivity contribution in [3.05, 3.63) is 57.6 Å². The van der Waals surface area contributed by atoms with Gasteiger partial charge in [-0.1, -0.05) is 67.2 Å². The van der Waals surface area contributed by atoms with Crippen molar-refractivity contribution in [2.75, 3.05) is 0 Å². The van der Waals surface area contributed by atoms with Gasteiger partial charge < -0.3 is 10.4 Å². The van der Waals surface area contributed by atoms with E-state index in [1.807, 2.05) is 50.2 Å². The Hall–Kier alpha value is -1.49. The molecule has 2 N–H and O–H groups in total. The van der Waals surface area contributed by atoms with Crippen LogP contribution in [0, 0.1) is 13.8 Å². The molecule has 2 rings (SSSR count). The number of rotatable bonds is 7. The summed E-state index contributed by atoms with van der Waals surface area (Å²) in [6.07, 6.45) is 2.46. The Kier molecular flexibility index (Phi) is 7.57. The Labute approximate surface area is 165 Å². The molecule has 0 aromatic heterocycles. The van der Waals surface area contributed by atoms with Crippen LogP contribution in [0.15, 0.2) is 36.4 Å². The molecule has 2 aromatic carbocycles. The van der Waals surface area contributed by atoms with E-state index in [0.717, 1.165) is 34.9 Å². The van der Waals surface area contributed by atoms with Gasteiger partial charge in [-0.2, -0.15) is 0 Å². The summed E-state index contributed by atoms with van der Waals surface area (Å²) in [6.45, 7) is 5.31. The summed E-state index contributed by atoms with van der Waals surface area (Å²) in [5.41, 5.74) is 9.49. The van der Waals surface area contributed by atoms with Gasteiger partial charge in [0.05, 0.1) is 0 Å². The van der Waals surface area contributed by atoms with Crippen molar-refractivity contribution in [2.45, 2.75) is 46.1 Å². The van der Waals surface area contributed by atoms with E-state index >= 15 is 0 Å². The summed E-state index contributed by atoms with van der Waals surface area (Å²) in [7, 11) is 0. The highest BCUT2D eigenvalue weighted by Crippen LogP contribution is 2.15. The Morgan fingerprint density at radius 1 is 1.08 bits per heavy atom. The molecule has 6 heteroatoms. The van der Waals surface area contributed by atoms with Crippen LogP contribution in [-0.2, 0) is 9.45 Å². The van der Waals surface area contributed by atoms with Gasteiger partial charge in [0.2, 0.25) is 0 Å². The molecule has 0 amide bonds. The molecule has 0 bridgehead atoms. The van der Waals surface area contributed by atoms with Gasteiger partial charge in [0.1, 0.15) is 6.04 Å². The van der Waals surface area contributed by atoms with Crippen LogP contribution >= 0.6 is 23.2 Å². The van der Waals surface area contributed by atoms with Crippen LogP contribution in [0.2, 0.25) is 10.0 Å². The van der Waals surface area contributed by atoms with E-state index in [9.17, 15) is 4.79 Å². The van der Waals surface area contributed by atoms with Gasteiger partial charge in [0.15, 0.2) is 0 Å². The number of aryl methyl sites for hydroxylation is 2. The number of carbonyl (C=O) groups excluding carboxylic acids is 1. The average Bonchev–Trinajstić information content (AvgIpc) is 2.62. The van der Waals surface area contributed by atoms with Crippen molar-refractivity contribution in [1.82, 2.24) is 0 Å². The molecule has 0 saturated heterocycles. The molecule has 1 atom stereocenters. The van der Waals surface area contributed by atoms with Crippen LogP contribution in [0.4, 0.5) is 0 Å². The molecule has 26 heavy (non-hydrogen) atoms. The monoisotopic (exact) mass is 391 g/mol. The van der Waals surface area contributed by atoms with Gasteiger partial charge >= 0.3 is 12.9 Å². The summed E-state index contributed by atoms with van der Waals surface area (Å²) in [6, 6.07) is 10.6. The van der Waals surface area contributed by atoms with Crippen LogP contribution in [0.5, 0.6) is 0 Å². The molecule has 2 aromatic rings. The lowest BCUT2D eigenvalue weighted by atomic mass is 9.55. The van der Waals surface area contributed by atoms with Crippen LogP contribution in [0.3, 0.4) is 0 Å². The van der Waals surface area contributed by atoms with Crippen molar-refractivity contribution in [1.29, 1.82) is 0 Å². The molecule has 0 saturated carbocycles. The first-order valence-corrected chi connectivity index (χ1v) is 9.57. The number of benzene rings is 2. The van der Waals surface area contributed by atoms with Crippen molar-refractivity contribution in [3.8, 4) is 0 Å². The number of hydrogen-bond donors (Lipinski definition) is 1. The largest absolute Gasteiger partial charge is 0.525 e. The van der Waals surface area contributed by atoms with E-state index in [4.69, 9.17) is 33.6 Å². The SMILES string of the molecule is CCCCC(N)C(=O)OB(c1ccc(C)c(Cl)c1)c1ccc(C)c(Cl)c1. The minimum absolute atomic E-state index is 0.420. The summed E-state index contributed by atoms with van der Waals surface area (Å²) < 4.78 is 5.79. The topological polar surface area (TPSA) is 52.3 Å². The summed E-state index contributed by atoms with van der Waals surface area (Å²) in [5.74, 6) is -0.420. The molecule has 138 valence electrons.